The standard InChI is InChI=1S/C21H19N3O3/c1-15-5-2-3-7-19(15)20(25)24-21(26)23-17-8-10-18(11-9-17)27-14-16-6-4-12-22-13-16/h2-13H,14H2,1H3,(H2,23,24,25,26). The van der Waals surface area contributed by atoms with Gasteiger partial charge in [0.2, 0.25) is 0 Å². The number of aryl methyl sites for hydroxylation is 1. The van der Waals surface area contributed by atoms with Crippen molar-refractivity contribution in [2.75, 3.05) is 5.32 Å². The minimum absolute atomic E-state index is 0.409. The highest BCUT2D eigenvalue weighted by molar-refractivity contribution is 6.08. The zero-order chi connectivity index (χ0) is 19.1. The van der Waals surface area contributed by atoms with Crippen molar-refractivity contribution in [2.24, 2.45) is 0 Å². The topological polar surface area (TPSA) is 80.3 Å². The first kappa shape index (κ1) is 18.1. The summed E-state index contributed by atoms with van der Waals surface area (Å²) in [5, 5.41) is 4.95. The number of hydrogen-bond acceptors (Lipinski definition) is 4. The summed E-state index contributed by atoms with van der Waals surface area (Å²) >= 11 is 0. The van der Waals surface area contributed by atoms with E-state index in [0.29, 0.717) is 23.6 Å². The molecule has 0 saturated heterocycles. The molecule has 6 heteroatoms. The second-order valence-electron chi connectivity index (χ2n) is 5.90. The van der Waals surface area contributed by atoms with Crippen LogP contribution in [-0.4, -0.2) is 16.9 Å². The number of ether oxygens (including phenoxy) is 1. The molecule has 2 N–H and O–H groups in total. The number of nitrogens with one attached hydrogen (secondary N) is 2. The summed E-state index contributed by atoms with van der Waals surface area (Å²) in [6.07, 6.45) is 3.45. The van der Waals surface area contributed by atoms with E-state index in [1.165, 1.54) is 0 Å². The molecule has 0 aliphatic heterocycles. The van der Waals surface area contributed by atoms with E-state index < -0.39 is 11.9 Å². The molecule has 0 fully saturated rings. The fourth-order valence-corrected chi connectivity index (χ4v) is 2.45. The van der Waals surface area contributed by atoms with Crippen LogP contribution in [0.15, 0.2) is 73.1 Å². The van der Waals surface area contributed by atoms with Crippen molar-refractivity contribution in [3.05, 3.63) is 89.7 Å². The minimum Gasteiger partial charge on any atom is -0.489 e. The molecule has 3 amide bonds. The number of imide groups is 1. The van der Waals surface area contributed by atoms with Gasteiger partial charge in [-0.15, -0.1) is 0 Å². The molecular formula is C21H19N3O3. The lowest BCUT2D eigenvalue weighted by Gasteiger charge is -2.10. The summed E-state index contributed by atoms with van der Waals surface area (Å²) in [6, 6.07) is 17.2. The van der Waals surface area contributed by atoms with Crippen LogP contribution < -0.4 is 15.4 Å². The van der Waals surface area contributed by atoms with Crippen molar-refractivity contribution in [1.82, 2.24) is 10.3 Å². The molecule has 0 spiro atoms. The van der Waals surface area contributed by atoms with E-state index in [9.17, 15) is 9.59 Å². The number of rotatable bonds is 5. The summed E-state index contributed by atoms with van der Waals surface area (Å²) in [5.41, 5.74) is 2.79. The summed E-state index contributed by atoms with van der Waals surface area (Å²) < 4.78 is 5.67. The number of amides is 3. The van der Waals surface area contributed by atoms with Crippen LogP contribution in [0.3, 0.4) is 0 Å². The summed E-state index contributed by atoms with van der Waals surface area (Å²) in [4.78, 5) is 28.2. The maximum absolute atomic E-state index is 12.1. The predicted octanol–water partition coefficient (Wildman–Crippen LogP) is 3.93. The lowest BCUT2D eigenvalue weighted by atomic mass is 10.1. The van der Waals surface area contributed by atoms with Gasteiger partial charge in [-0.05, 0) is 48.9 Å². The molecule has 1 heterocycles. The van der Waals surface area contributed by atoms with Crippen LogP contribution in [0.5, 0.6) is 5.75 Å². The number of pyridine rings is 1. The van der Waals surface area contributed by atoms with E-state index in [1.807, 2.05) is 31.2 Å². The second-order valence-corrected chi connectivity index (χ2v) is 5.90. The van der Waals surface area contributed by atoms with Gasteiger partial charge >= 0.3 is 6.03 Å². The van der Waals surface area contributed by atoms with Gasteiger partial charge in [-0.2, -0.15) is 0 Å². The fraction of sp³-hybridized carbons (Fsp3) is 0.0952. The molecule has 0 bridgehead atoms. The van der Waals surface area contributed by atoms with Gasteiger partial charge in [0.25, 0.3) is 5.91 Å². The van der Waals surface area contributed by atoms with Gasteiger partial charge < -0.3 is 10.1 Å². The third-order valence-electron chi connectivity index (χ3n) is 3.86. The van der Waals surface area contributed by atoms with E-state index in [0.717, 1.165) is 11.1 Å². The molecule has 2 aromatic carbocycles. The number of carbonyl (C=O) groups is 2. The minimum atomic E-state index is -0.590. The maximum atomic E-state index is 12.1. The van der Waals surface area contributed by atoms with Gasteiger partial charge in [-0.3, -0.25) is 15.1 Å². The Morgan fingerprint density at radius 1 is 1.00 bits per heavy atom. The van der Waals surface area contributed by atoms with Crippen LogP contribution in [0.4, 0.5) is 10.5 Å². The summed E-state index contributed by atoms with van der Waals surface area (Å²) in [5.74, 6) is 0.225. The highest BCUT2D eigenvalue weighted by atomic mass is 16.5. The Bertz CT molecular complexity index is 925. The Kier molecular flexibility index (Phi) is 5.79. The van der Waals surface area contributed by atoms with Gasteiger partial charge in [0, 0.05) is 29.2 Å². The monoisotopic (exact) mass is 361 g/mol. The lowest BCUT2D eigenvalue weighted by Crippen LogP contribution is -2.34. The zero-order valence-corrected chi connectivity index (χ0v) is 14.8. The Labute approximate surface area is 157 Å². The average Bonchev–Trinajstić information content (AvgIpc) is 2.68. The van der Waals surface area contributed by atoms with Crippen molar-refractivity contribution in [2.45, 2.75) is 13.5 Å². The molecule has 0 saturated carbocycles. The first-order valence-electron chi connectivity index (χ1n) is 8.41. The summed E-state index contributed by atoms with van der Waals surface area (Å²) in [7, 11) is 0. The van der Waals surface area contributed by atoms with Crippen LogP contribution in [0.25, 0.3) is 0 Å². The second kappa shape index (κ2) is 8.62. The number of hydrogen-bond donors (Lipinski definition) is 2. The van der Waals surface area contributed by atoms with Crippen molar-refractivity contribution in [1.29, 1.82) is 0 Å². The molecular weight excluding hydrogens is 342 g/mol. The third-order valence-corrected chi connectivity index (χ3v) is 3.86. The SMILES string of the molecule is Cc1ccccc1C(=O)NC(=O)Nc1ccc(OCc2cccnc2)cc1. The van der Waals surface area contributed by atoms with Crippen LogP contribution in [0.2, 0.25) is 0 Å². The van der Waals surface area contributed by atoms with E-state index in [-0.39, 0.29) is 0 Å². The maximum Gasteiger partial charge on any atom is 0.326 e. The zero-order valence-electron chi connectivity index (χ0n) is 14.8. The number of nitrogens with zero attached hydrogens (tertiary/aromatic N) is 1. The molecule has 0 aliphatic rings. The summed E-state index contributed by atoms with van der Waals surface area (Å²) in [6.45, 7) is 2.23. The van der Waals surface area contributed by atoms with E-state index in [1.54, 1.807) is 48.8 Å². The lowest BCUT2D eigenvalue weighted by molar-refractivity contribution is 0.0966. The molecule has 0 unspecified atom stereocenters. The van der Waals surface area contributed by atoms with Crippen LogP contribution >= 0.6 is 0 Å². The third kappa shape index (κ3) is 5.15. The molecule has 0 atom stereocenters. The van der Waals surface area contributed by atoms with Crippen molar-refractivity contribution >= 4 is 17.6 Å². The molecule has 27 heavy (non-hydrogen) atoms. The highest BCUT2D eigenvalue weighted by Crippen LogP contribution is 2.17. The molecule has 1 aromatic heterocycles. The Hall–Kier alpha value is -3.67. The number of benzene rings is 2. The molecule has 3 rings (SSSR count). The van der Waals surface area contributed by atoms with Gasteiger partial charge in [-0.25, -0.2) is 4.79 Å². The van der Waals surface area contributed by atoms with Gasteiger partial charge in [-0.1, -0.05) is 24.3 Å². The predicted molar refractivity (Wildman–Crippen MR) is 103 cm³/mol. The van der Waals surface area contributed by atoms with Crippen molar-refractivity contribution < 1.29 is 14.3 Å². The van der Waals surface area contributed by atoms with Gasteiger partial charge in [0.15, 0.2) is 0 Å². The van der Waals surface area contributed by atoms with Gasteiger partial charge in [0.1, 0.15) is 12.4 Å². The van der Waals surface area contributed by atoms with Gasteiger partial charge in [0.05, 0.1) is 0 Å². The Balaban J connectivity index is 1.52. The number of urea groups is 1. The highest BCUT2D eigenvalue weighted by Gasteiger charge is 2.12. The molecule has 6 nitrogen and oxygen atoms in total. The largest absolute Gasteiger partial charge is 0.489 e. The first-order chi connectivity index (χ1) is 13.1. The molecule has 0 aliphatic carbocycles. The molecule has 3 aromatic rings. The number of carbonyl (C=O) groups excluding carboxylic acids is 2. The van der Waals surface area contributed by atoms with Crippen LogP contribution in [-0.2, 0) is 6.61 Å². The Morgan fingerprint density at radius 2 is 1.78 bits per heavy atom. The van der Waals surface area contributed by atoms with Crippen molar-refractivity contribution in [3.8, 4) is 5.75 Å². The van der Waals surface area contributed by atoms with E-state index in [2.05, 4.69) is 15.6 Å². The fourth-order valence-electron chi connectivity index (χ4n) is 2.45. The van der Waals surface area contributed by atoms with Crippen molar-refractivity contribution in [3.63, 3.8) is 0 Å². The Morgan fingerprint density at radius 3 is 2.48 bits per heavy atom. The average molecular weight is 361 g/mol. The molecule has 136 valence electrons. The van der Waals surface area contributed by atoms with E-state index >= 15 is 0 Å². The first-order valence-corrected chi connectivity index (χ1v) is 8.41. The van der Waals surface area contributed by atoms with Crippen LogP contribution in [0.1, 0.15) is 21.5 Å². The number of anilines is 1. The smallest absolute Gasteiger partial charge is 0.326 e. The van der Waals surface area contributed by atoms with Crippen LogP contribution in [0, 0.1) is 6.92 Å². The number of aromatic nitrogens is 1. The molecule has 0 radical (unpaired) electrons. The normalized spacial score (nSPS) is 10.1. The quantitative estimate of drug-likeness (QED) is 0.721. The van der Waals surface area contributed by atoms with E-state index in [4.69, 9.17) is 4.74 Å².